The molecule has 2 aromatic heterocycles. The van der Waals surface area contributed by atoms with E-state index in [0.29, 0.717) is 34.3 Å². The first-order chi connectivity index (χ1) is 11.6. The molecule has 6 nitrogen and oxygen atoms in total. The van der Waals surface area contributed by atoms with Crippen molar-refractivity contribution in [3.8, 4) is 5.88 Å². The van der Waals surface area contributed by atoms with E-state index in [1.807, 2.05) is 6.07 Å². The van der Waals surface area contributed by atoms with Gasteiger partial charge >= 0.3 is 0 Å². The summed E-state index contributed by atoms with van der Waals surface area (Å²) in [4.78, 5) is 15.3. The van der Waals surface area contributed by atoms with Crippen molar-refractivity contribution in [3.63, 3.8) is 0 Å². The van der Waals surface area contributed by atoms with Gasteiger partial charge in [-0.3, -0.25) is 4.90 Å². The highest BCUT2D eigenvalue weighted by Crippen LogP contribution is 2.33. The van der Waals surface area contributed by atoms with Crippen LogP contribution in [-0.2, 0) is 6.54 Å². The summed E-state index contributed by atoms with van der Waals surface area (Å²) in [5.41, 5.74) is 0.996. The fourth-order valence-electron chi connectivity index (χ4n) is 3.11. The zero-order chi connectivity index (χ0) is 17.1. The first-order valence-corrected chi connectivity index (χ1v) is 8.83. The van der Waals surface area contributed by atoms with Crippen molar-refractivity contribution in [2.24, 2.45) is 5.92 Å². The van der Waals surface area contributed by atoms with E-state index >= 15 is 0 Å². The van der Waals surface area contributed by atoms with Crippen molar-refractivity contribution in [1.82, 2.24) is 19.9 Å². The van der Waals surface area contributed by atoms with Crippen LogP contribution in [0.25, 0.3) is 0 Å². The van der Waals surface area contributed by atoms with Gasteiger partial charge in [-0.15, -0.1) is 0 Å². The molecule has 8 heteroatoms. The SMILES string of the molecule is CNc1nc(F)c(CN2CCC(C(C)c3cc(OC)ncn3)C2)s1. The molecule has 24 heavy (non-hydrogen) atoms. The Labute approximate surface area is 145 Å². The van der Waals surface area contributed by atoms with Crippen LogP contribution in [0.1, 0.15) is 29.8 Å². The molecule has 0 amide bonds. The molecule has 1 aliphatic heterocycles. The average molecular weight is 351 g/mol. The fraction of sp³-hybridized carbons (Fsp3) is 0.562. The van der Waals surface area contributed by atoms with E-state index in [-0.39, 0.29) is 5.95 Å². The molecule has 1 aliphatic rings. The molecule has 2 atom stereocenters. The summed E-state index contributed by atoms with van der Waals surface area (Å²) in [5, 5.41) is 3.52. The topological polar surface area (TPSA) is 63.2 Å². The summed E-state index contributed by atoms with van der Waals surface area (Å²) < 4.78 is 19.0. The average Bonchev–Trinajstić information content (AvgIpc) is 3.21. The highest BCUT2D eigenvalue weighted by Gasteiger charge is 2.29. The maximum Gasteiger partial charge on any atom is 0.230 e. The molecule has 1 saturated heterocycles. The van der Waals surface area contributed by atoms with Gasteiger partial charge in [-0.1, -0.05) is 18.3 Å². The van der Waals surface area contributed by atoms with Crippen LogP contribution in [0.2, 0.25) is 0 Å². The van der Waals surface area contributed by atoms with E-state index in [1.165, 1.54) is 11.3 Å². The van der Waals surface area contributed by atoms with Gasteiger partial charge < -0.3 is 10.1 Å². The summed E-state index contributed by atoms with van der Waals surface area (Å²) in [7, 11) is 3.36. The lowest BCUT2D eigenvalue weighted by atomic mass is 9.90. The van der Waals surface area contributed by atoms with Gasteiger partial charge in [0.15, 0.2) is 5.13 Å². The van der Waals surface area contributed by atoms with Gasteiger partial charge in [-0.2, -0.15) is 9.37 Å². The zero-order valence-corrected chi connectivity index (χ0v) is 14.9. The number of nitrogens with one attached hydrogen (secondary N) is 1. The van der Waals surface area contributed by atoms with Crippen LogP contribution in [0, 0.1) is 11.9 Å². The summed E-state index contributed by atoms with van der Waals surface area (Å²) in [5.74, 6) is 1.03. The Hall–Kier alpha value is -1.80. The van der Waals surface area contributed by atoms with E-state index in [9.17, 15) is 4.39 Å². The van der Waals surface area contributed by atoms with Gasteiger partial charge in [-0.25, -0.2) is 9.97 Å². The lowest BCUT2D eigenvalue weighted by molar-refractivity contribution is 0.304. The summed E-state index contributed by atoms with van der Waals surface area (Å²) in [6.07, 6.45) is 2.62. The van der Waals surface area contributed by atoms with Crippen LogP contribution in [0.5, 0.6) is 5.88 Å². The molecule has 3 heterocycles. The van der Waals surface area contributed by atoms with Crippen molar-refractivity contribution < 1.29 is 9.13 Å². The Balaban J connectivity index is 1.62. The Bertz CT molecular complexity index is 695. The molecule has 0 aromatic carbocycles. The normalized spacial score (nSPS) is 19.4. The summed E-state index contributed by atoms with van der Waals surface area (Å²) >= 11 is 1.38. The Morgan fingerprint density at radius 2 is 2.33 bits per heavy atom. The lowest BCUT2D eigenvalue weighted by Crippen LogP contribution is -2.22. The number of ether oxygens (including phenoxy) is 1. The molecule has 0 saturated carbocycles. The third-order valence-corrected chi connectivity index (χ3v) is 5.62. The van der Waals surface area contributed by atoms with Crippen LogP contribution in [0.4, 0.5) is 9.52 Å². The molecule has 1 N–H and O–H groups in total. The molecular formula is C16H22FN5OS. The van der Waals surface area contributed by atoms with Crippen molar-refractivity contribution in [1.29, 1.82) is 0 Å². The van der Waals surface area contributed by atoms with Gasteiger partial charge in [0.25, 0.3) is 0 Å². The highest BCUT2D eigenvalue weighted by atomic mass is 32.1. The molecule has 0 radical (unpaired) electrons. The number of nitrogens with zero attached hydrogens (tertiary/aromatic N) is 4. The van der Waals surface area contributed by atoms with Crippen LogP contribution < -0.4 is 10.1 Å². The maximum atomic E-state index is 13.9. The fourth-order valence-corrected chi connectivity index (χ4v) is 3.95. The van der Waals surface area contributed by atoms with Crippen molar-refractivity contribution in [2.75, 3.05) is 32.6 Å². The van der Waals surface area contributed by atoms with Gasteiger partial charge in [0.2, 0.25) is 11.8 Å². The van der Waals surface area contributed by atoms with Crippen molar-refractivity contribution >= 4 is 16.5 Å². The summed E-state index contributed by atoms with van der Waals surface area (Å²) in [6, 6.07) is 1.90. The third-order valence-electron chi connectivity index (χ3n) is 4.59. The molecule has 0 bridgehead atoms. The number of hydrogen-bond donors (Lipinski definition) is 1. The standard InChI is InChI=1S/C16H22FN5OS/c1-10(12-6-14(23-3)20-9-19-12)11-4-5-22(7-11)8-13-15(17)21-16(18-2)24-13/h6,9-11H,4-5,7-8H2,1-3H3,(H,18,21). The maximum absolute atomic E-state index is 13.9. The number of rotatable bonds is 6. The number of methoxy groups -OCH3 is 1. The Morgan fingerprint density at radius 1 is 1.50 bits per heavy atom. The minimum Gasteiger partial charge on any atom is -0.481 e. The largest absolute Gasteiger partial charge is 0.481 e. The number of halogens is 1. The second-order valence-corrected chi connectivity index (χ2v) is 7.12. The van der Waals surface area contributed by atoms with Crippen molar-refractivity contribution in [2.45, 2.75) is 25.8 Å². The Kier molecular flexibility index (Phi) is 5.25. The monoisotopic (exact) mass is 351 g/mol. The van der Waals surface area contributed by atoms with Gasteiger partial charge in [-0.05, 0) is 18.9 Å². The molecule has 0 spiro atoms. The van der Waals surface area contributed by atoms with E-state index in [1.54, 1.807) is 20.5 Å². The quantitative estimate of drug-likeness (QED) is 0.863. The first kappa shape index (κ1) is 17.0. The zero-order valence-electron chi connectivity index (χ0n) is 14.1. The number of hydrogen-bond acceptors (Lipinski definition) is 7. The van der Waals surface area contributed by atoms with E-state index in [0.717, 1.165) is 25.2 Å². The van der Waals surface area contributed by atoms with E-state index in [2.05, 4.69) is 32.1 Å². The number of thiazole rings is 1. The molecule has 0 aliphatic carbocycles. The lowest BCUT2D eigenvalue weighted by Gasteiger charge is -2.20. The van der Waals surface area contributed by atoms with Crippen LogP contribution >= 0.6 is 11.3 Å². The molecule has 3 rings (SSSR count). The minimum atomic E-state index is -0.360. The third kappa shape index (κ3) is 3.64. The summed E-state index contributed by atoms with van der Waals surface area (Å²) in [6.45, 7) is 4.69. The van der Waals surface area contributed by atoms with Gasteiger partial charge in [0.05, 0.1) is 17.7 Å². The predicted octanol–water partition coefficient (Wildman–Crippen LogP) is 2.75. The molecular weight excluding hydrogens is 329 g/mol. The van der Waals surface area contributed by atoms with Crippen LogP contribution in [-0.4, -0.2) is 47.1 Å². The van der Waals surface area contributed by atoms with Gasteiger partial charge in [0.1, 0.15) is 6.33 Å². The molecule has 2 aromatic rings. The molecule has 1 fully saturated rings. The van der Waals surface area contributed by atoms with E-state index in [4.69, 9.17) is 4.74 Å². The number of anilines is 1. The van der Waals surface area contributed by atoms with Gasteiger partial charge in [0, 0.05) is 32.1 Å². The van der Waals surface area contributed by atoms with Crippen LogP contribution in [0.3, 0.4) is 0 Å². The van der Waals surface area contributed by atoms with Crippen molar-refractivity contribution in [3.05, 3.63) is 28.9 Å². The second kappa shape index (κ2) is 7.40. The second-order valence-electron chi connectivity index (χ2n) is 6.04. The predicted molar refractivity (Wildman–Crippen MR) is 92.0 cm³/mol. The highest BCUT2D eigenvalue weighted by molar-refractivity contribution is 7.15. The smallest absolute Gasteiger partial charge is 0.230 e. The first-order valence-electron chi connectivity index (χ1n) is 8.02. The van der Waals surface area contributed by atoms with E-state index < -0.39 is 0 Å². The number of aromatic nitrogens is 3. The molecule has 130 valence electrons. The van der Waals surface area contributed by atoms with Crippen LogP contribution in [0.15, 0.2) is 12.4 Å². The Morgan fingerprint density at radius 3 is 3.04 bits per heavy atom. The minimum absolute atomic E-state index is 0.311. The molecule has 2 unspecified atom stereocenters. The number of likely N-dealkylation sites (tertiary alicyclic amines) is 1.